The topological polar surface area (TPSA) is 86.6 Å². The van der Waals surface area contributed by atoms with Gasteiger partial charge in [-0.2, -0.15) is 4.86 Å². The van der Waals surface area contributed by atoms with Crippen LogP contribution >= 0.6 is 15.7 Å². The maximum absolute atomic E-state index is 11.2. The predicted molar refractivity (Wildman–Crippen MR) is 43.9 cm³/mol. The highest BCUT2D eigenvalue weighted by atomic mass is 31.2. The van der Waals surface area contributed by atoms with Crippen LogP contribution in [0.3, 0.4) is 0 Å². The van der Waals surface area contributed by atoms with Crippen LogP contribution in [0.5, 0.6) is 0 Å². The van der Waals surface area contributed by atoms with E-state index in [1.807, 2.05) is 0 Å². The molecule has 2 atom stereocenters. The van der Waals surface area contributed by atoms with Gasteiger partial charge >= 0.3 is 0 Å². The van der Waals surface area contributed by atoms with Crippen LogP contribution in [0.1, 0.15) is 20.8 Å². The molecule has 0 rings (SSSR count). The molecule has 0 aromatic carbocycles. The van der Waals surface area contributed by atoms with Crippen LogP contribution in [0.4, 0.5) is 0 Å². The monoisotopic (exact) mass is 201 g/mol. The van der Waals surface area contributed by atoms with E-state index in [1.165, 1.54) is 20.8 Å². The minimum atomic E-state index is -3.70. The summed E-state index contributed by atoms with van der Waals surface area (Å²) in [6, 6.07) is 0. The summed E-state index contributed by atoms with van der Waals surface area (Å²) >= 11 is 0. The van der Waals surface area contributed by atoms with Crippen LogP contribution in [0.25, 0.3) is 0 Å². The summed E-state index contributed by atoms with van der Waals surface area (Å²) in [5, 5.41) is -0.907. The number of hydrogen-bond acceptors (Lipinski definition) is 2. The second-order valence-corrected chi connectivity index (χ2v) is 7.16. The van der Waals surface area contributed by atoms with Gasteiger partial charge in [0, 0.05) is 0 Å². The molecule has 0 spiro atoms. The minimum Gasteiger partial charge on any atom is -0.335 e. The van der Waals surface area contributed by atoms with Crippen molar-refractivity contribution in [2.45, 2.75) is 25.9 Å². The van der Waals surface area contributed by atoms with Crippen LogP contribution in [0, 0.1) is 0 Å². The zero-order chi connectivity index (χ0) is 9.28. The van der Waals surface area contributed by atoms with E-state index in [-0.39, 0.29) is 0 Å². The van der Waals surface area contributed by atoms with E-state index in [1.54, 1.807) is 4.86 Å². The number of nitrogens with one attached hydrogen (secondary N) is 1. The Hall–Kier alpha value is 0.340. The molecule has 0 amide bonds. The molecule has 0 aliphatic carbocycles. The molecule has 0 bridgehead atoms. The molecular weight excluding hydrogens is 188 g/mol. The van der Waals surface area contributed by atoms with Crippen LogP contribution in [-0.2, 0) is 9.13 Å². The average molecular weight is 201 g/mol. The molecule has 68 valence electrons. The van der Waals surface area contributed by atoms with E-state index in [0.29, 0.717) is 0 Å². The summed E-state index contributed by atoms with van der Waals surface area (Å²) < 4.78 is 21.4. The van der Waals surface area contributed by atoms with Crippen molar-refractivity contribution in [3.05, 3.63) is 0 Å². The molecule has 0 saturated carbocycles. The van der Waals surface area contributed by atoms with Crippen molar-refractivity contribution in [1.82, 2.24) is 4.86 Å². The third kappa shape index (κ3) is 3.50. The van der Waals surface area contributed by atoms with Gasteiger partial charge in [-0.05, 0) is 20.8 Å². The van der Waals surface area contributed by atoms with Crippen molar-refractivity contribution in [1.29, 1.82) is 0 Å². The summed E-state index contributed by atoms with van der Waals surface area (Å²) in [5.74, 6) is 0. The van der Waals surface area contributed by atoms with E-state index in [0.717, 1.165) is 0 Å². The van der Waals surface area contributed by atoms with Gasteiger partial charge in [-0.3, -0.25) is 9.13 Å². The Morgan fingerprint density at radius 1 is 1.45 bits per heavy atom. The van der Waals surface area contributed by atoms with Crippen molar-refractivity contribution in [3.8, 4) is 0 Å². The summed E-state index contributed by atoms with van der Waals surface area (Å²) in [5.41, 5.74) is 0. The van der Waals surface area contributed by atoms with E-state index < -0.39 is 20.9 Å². The third-order valence-electron chi connectivity index (χ3n) is 1.16. The van der Waals surface area contributed by atoms with Gasteiger partial charge < -0.3 is 9.79 Å². The first-order valence-electron chi connectivity index (χ1n) is 3.01. The highest BCUT2D eigenvalue weighted by Crippen LogP contribution is 2.52. The predicted octanol–water partition coefficient (Wildman–Crippen LogP) is 0.942. The quantitative estimate of drug-likeness (QED) is 0.579. The number of rotatable bonds is 2. The van der Waals surface area contributed by atoms with Crippen molar-refractivity contribution in [2.75, 3.05) is 0 Å². The zero-order valence-electron chi connectivity index (χ0n) is 6.66. The van der Waals surface area contributed by atoms with Gasteiger partial charge in [-0.25, -0.2) is 0 Å². The molecule has 0 saturated heterocycles. The Bertz CT molecular complexity index is 209. The van der Waals surface area contributed by atoms with Crippen LogP contribution in [-0.4, -0.2) is 14.9 Å². The van der Waals surface area contributed by atoms with E-state index >= 15 is 0 Å². The fourth-order valence-corrected chi connectivity index (χ4v) is 2.68. The van der Waals surface area contributed by atoms with E-state index in [2.05, 4.69) is 0 Å². The molecule has 0 aromatic rings. The van der Waals surface area contributed by atoms with Crippen molar-refractivity contribution < 1.29 is 18.9 Å². The third-order valence-corrected chi connectivity index (χ3v) is 4.95. The number of hydrogen-bond donors (Lipinski definition) is 3. The van der Waals surface area contributed by atoms with Gasteiger partial charge in [0.1, 0.15) is 0 Å². The largest absolute Gasteiger partial charge is 0.335 e. The molecule has 0 heterocycles. The molecular formula is C4H13NO4P2. The standard InChI is InChI=1S/C4H13NO4P2/c1-4(2,3)11(8,9)5-10(6)7/h10H,1-3H3,(H3,5,6,7,8,9). The van der Waals surface area contributed by atoms with Gasteiger partial charge in [0.15, 0.2) is 0 Å². The summed E-state index contributed by atoms with van der Waals surface area (Å²) in [6.45, 7) is 4.56. The van der Waals surface area contributed by atoms with Gasteiger partial charge in [0.2, 0.25) is 0 Å². The Morgan fingerprint density at radius 2 is 1.82 bits per heavy atom. The normalized spacial score (nSPS) is 20.8. The van der Waals surface area contributed by atoms with Gasteiger partial charge in [0.25, 0.3) is 15.7 Å². The van der Waals surface area contributed by atoms with Crippen molar-refractivity contribution in [3.63, 3.8) is 0 Å². The molecule has 7 heteroatoms. The Kier molecular flexibility index (Phi) is 3.48. The van der Waals surface area contributed by atoms with Gasteiger partial charge in [-0.1, -0.05) is 0 Å². The van der Waals surface area contributed by atoms with Crippen LogP contribution in [0.15, 0.2) is 0 Å². The van der Waals surface area contributed by atoms with Crippen molar-refractivity contribution in [2.24, 2.45) is 0 Å². The molecule has 0 aliphatic heterocycles. The highest BCUT2D eigenvalue weighted by Gasteiger charge is 2.35. The Balaban J connectivity index is 4.49. The SMILES string of the molecule is CC(C)(C)P(=O)(O)N[PH](=O)O. The first-order chi connectivity index (χ1) is 4.67. The molecule has 0 fully saturated rings. The van der Waals surface area contributed by atoms with Gasteiger partial charge in [-0.15, -0.1) is 0 Å². The molecule has 0 aromatic heterocycles. The molecule has 11 heavy (non-hydrogen) atoms. The lowest BCUT2D eigenvalue weighted by atomic mass is 10.3. The second kappa shape index (κ2) is 3.38. The molecule has 0 aliphatic rings. The van der Waals surface area contributed by atoms with Crippen LogP contribution < -0.4 is 4.86 Å². The fraction of sp³-hybridized carbons (Fsp3) is 1.00. The summed E-state index contributed by atoms with van der Waals surface area (Å²) in [4.78, 5) is 19.3. The zero-order valence-corrected chi connectivity index (χ0v) is 8.55. The Labute approximate surface area is 66.3 Å². The average Bonchev–Trinajstić information content (AvgIpc) is 1.56. The summed E-state index contributed by atoms with van der Waals surface area (Å²) in [6.07, 6.45) is 0. The van der Waals surface area contributed by atoms with Crippen molar-refractivity contribution >= 4 is 15.7 Å². The first kappa shape index (κ1) is 11.3. The Morgan fingerprint density at radius 3 is 1.91 bits per heavy atom. The van der Waals surface area contributed by atoms with Crippen LogP contribution in [0.2, 0.25) is 0 Å². The maximum atomic E-state index is 11.2. The second-order valence-electron chi connectivity index (χ2n) is 3.16. The lowest BCUT2D eigenvalue weighted by Crippen LogP contribution is -2.21. The minimum absolute atomic E-state index is 0.907. The lowest BCUT2D eigenvalue weighted by Gasteiger charge is -2.24. The van der Waals surface area contributed by atoms with E-state index in [9.17, 15) is 9.13 Å². The lowest BCUT2D eigenvalue weighted by molar-refractivity contribution is 0.433. The smallest absolute Gasteiger partial charge is 0.279 e. The fourth-order valence-electron chi connectivity index (χ4n) is 0.297. The van der Waals surface area contributed by atoms with E-state index in [4.69, 9.17) is 9.79 Å². The molecule has 5 nitrogen and oxygen atoms in total. The molecule has 2 unspecified atom stereocenters. The molecule has 0 radical (unpaired) electrons. The maximum Gasteiger partial charge on any atom is 0.279 e. The van der Waals surface area contributed by atoms with Gasteiger partial charge in [0.05, 0.1) is 5.16 Å². The highest BCUT2D eigenvalue weighted by molar-refractivity contribution is 7.65. The first-order valence-corrected chi connectivity index (χ1v) is 6.02. The summed E-state index contributed by atoms with van der Waals surface area (Å²) in [7, 11) is -6.79. The molecule has 3 N–H and O–H groups in total.